The molecule has 1 unspecified atom stereocenters. The van der Waals surface area contributed by atoms with Crippen LogP contribution in [0.3, 0.4) is 0 Å². The summed E-state index contributed by atoms with van der Waals surface area (Å²) in [6.45, 7) is 0. The first-order chi connectivity index (χ1) is 9.13. The highest BCUT2D eigenvalue weighted by Gasteiger charge is 2.16. The van der Waals surface area contributed by atoms with Gasteiger partial charge >= 0.3 is 0 Å². The van der Waals surface area contributed by atoms with E-state index >= 15 is 0 Å². The summed E-state index contributed by atoms with van der Waals surface area (Å²) in [6, 6.07) is 5.85. The summed E-state index contributed by atoms with van der Waals surface area (Å²) < 4.78 is 8.16. The lowest BCUT2D eigenvalue weighted by molar-refractivity contribution is 0.399. The molecule has 5 nitrogen and oxygen atoms in total. The number of hydrogen-bond donors (Lipinski definition) is 2. The van der Waals surface area contributed by atoms with Crippen LogP contribution in [0.15, 0.2) is 35.1 Å². The molecule has 0 aliphatic heterocycles. The molecule has 0 amide bonds. The quantitative estimate of drug-likeness (QED) is 0.651. The zero-order chi connectivity index (χ0) is 13.8. The second-order valence-corrected chi connectivity index (χ2v) is 5.25. The van der Waals surface area contributed by atoms with E-state index in [0.717, 1.165) is 27.8 Å². The minimum atomic E-state index is -0.0309. The summed E-state index contributed by atoms with van der Waals surface area (Å²) in [4.78, 5) is 0. The van der Waals surface area contributed by atoms with Crippen molar-refractivity contribution in [2.75, 3.05) is 7.11 Å². The summed E-state index contributed by atoms with van der Waals surface area (Å²) in [5, 5.41) is 4.17. The van der Waals surface area contributed by atoms with Gasteiger partial charge in [-0.3, -0.25) is 16.0 Å². The molecule has 1 heterocycles. The predicted octanol–water partition coefficient (Wildman–Crippen LogP) is 1.94. The molecule has 1 aromatic heterocycles. The second kappa shape index (κ2) is 6.18. The summed E-state index contributed by atoms with van der Waals surface area (Å²) >= 11 is 3.47. The molecule has 0 fully saturated rings. The van der Waals surface area contributed by atoms with Crippen LogP contribution in [0.2, 0.25) is 0 Å². The highest BCUT2D eigenvalue weighted by molar-refractivity contribution is 9.10. The van der Waals surface area contributed by atoms with Gasteiger partial charge in [-0.05, 0) is 30.2 Å². The minimum absolute atomic E-state index is 0.0309. The molecule has 6 heteroatoms. The predicted molar refractivity (Wildman–Crippen MR) is 77.7 cm³/mol. The van der Waals surface area contributed by atoms with Crippen molar-refractivity contribution < 1.29 is 4.74 Å². The second-order valence-electron chi connectivity index (χ2n) is 4.33. The highest BCUT2D eigenvalue weighted by atomic mass is 79.9. The standard InChI is InChI=1S/C13H17BrN4O/c1-18-8-9(7-16-18)5-12(17-15)11-6-10(14)3-4-13(11)19-2/h3-4,6-8,12,17H,5,15H2,1-2H3. The van der Waals surface area contributed by atoms with Gasteiger partial charge in [-0.25, -0.2) is 0 Å². The maximum Gasteiger partial charge on any atom is 0.123 e. The smallest absolute Gasteiger partial charge is 0.123 e. The van der Waals surface area contributed by atoms with Crippen LogP contribution in [0.25, 0.3) is 0 Å². The summed E-state index contributed by atoms with van der Waals surface area (Å²) in [5.41, 5.74) is 4.98. The molecule has 1 aromatic carbocycles. The van der Waals surface area contributed by atoms with Crippen LogP contribution in [-0.4, -0.2) is 16.9 Å². The number of nitrogens with two attached hydrogens (primary N) is 1. The van der Waals surface area contributed by atoms with Crippen LogP contribution >= 0.6 is 15.9 Å². The lowest BCUT2D eigenvalue weighted by Gasteiger charge is -2.18. The van der Waals surface area contributed by atoms with Crippen molar-refractivity contribution in [3.63, 3.8) is 0 Å². The maximum atomic E-state index is 5.69. The van der Waals surface area contributed by atoms with E-state index in [0.29, 0.717) is 0 Å². The molecule has 1 atom stereocenters. The minimum Gasteiger partial charge on any atom is -0.496 e. The molecule has 0 bridgehead atoms. The number of hydrogen-bond acceptors (Lipinski definition) is 4. The van der Waals surface area contributed by atoms with Gasteiger partial charge in [0.25, 0.3) is 0 Å². The lowest BCUT2D eigenvalue weighted by atomic mass is 10.0. The molecule has 2 aromatic rings. The van der Waals surface area contributed by atoms with E-state index in [-0.39, 0.29) is 6.04 Å². The molecule has 0 saturated heterocycles. The van der Waals surface area contributed by atoms with Crippen LogP contribution < -0.4 is 16.0 Å². The fraction of sp³-hybridized carbons (Fsp3) is 0.308. The molecule has 2 rings (SSSR count). The Morgan fingerprint density at radius 3 is 2.89 bits per heavy atom. The van der Waals surface area contributed by atoms with E-state index in [1.54, 1.807) is 11.8 Å². The van der Waals surface area contributed by atoms with Crippen LogP contribution in [0, 0.1) is 0 Å². The SMILES string of the molecule is COc1ccc(Br)cc1C(Cc1cnn(C)c1)NN. The van der Waals surface area contributed by atoms with E-state index in [2.05, 4.69) is 26.5 Å². The van der Waals surface area contributed by atoms with Gasteiger partial charge in [-0.15, -0.1) is 0 Å². The van der Waals surface area contributed by atoms with Crippen molar-refractivity contribution in [1.82, 2.24) is 15.2 Å². The molecule has 0 radical (unpaired) electrons. The number of ether oxygens (including phenoxy) is 1. The zero-order valence-electron chi connectivity index (χ0n) is 10.9. The van der Waals surface area contributed by atoms with Gasteiger partial charge in [0.1, 0.15) is 5.75 Å². The Labute approximate surface area is 120 Å². The average Bonchev–Trinajstić information content (AvgIpc) is 2.81. The topological polar surface area (TPSA) is 65.1 Å². The van der Waals surface area contributed by atoms with E-state index < -0.39 is 0 Å². The first-order valence-electron chi connectivity index (χ1n) is 5.91. The Bertz CT molecular complexity index is 555. The number of benzene rings is 1. The number of hydrazine groups is 1. The van der Waals surface area contributed by atoms with Crippen molar-refractivity contribution in [3.05, 3.63) is 46.2 Å². The van der Waals surface area contributed by atoms with E-state index in [4.69, 9.17) is 10.6 Å². The fourth-order valence-corrected chi connectivity index (χ4v) is 2.43. The Morgan fingerprint density at radius 2 is 2.32 bits per heavy atom. The van der Waals surface area contributed by atoms with Gasteiger partial charge in [-0.2, -0.15) is 5.10 Å². The lowest BCUT2D eigenvalue weighted by Crippen LogP contribution is -2.29. The van der Waals surface area contributed by atoms with Crippen LogP contribution in [0.1, 0.15) is 17.2 Å². The molecule has 19 heavy (non-hydrogen) atoms. The van der Waals surface area contributed by atoms with Gasteiger partial charge in [0.05, 0.1) is 19.3 Å². The van der Waals surface area contributed by atoms with Gasteiger partial charge in [0, 0.05) is 23.3 Å². The summed E-state index contributed by atoms with van der Waals surface area (Å²) in [6.07, 6.45) is 4.57. The average molecular weight is 325 g/mol. The molecule has 0 aliphatic carbocycles. The summed E-state index contributed by atoms with van der Waals surface area (Å²) in [5.74, 6) is 6.50. The molecular formula is C13H17BrN4O. The summed E-state index contributed by atoms with van der Waals surface area (Å²) in [7, 11) is 3.55. The molecule has 0 saturated carbocycles. The number of halogens is 1. The number of aryl methyl sites for hydroxylation is 1. The Balaban J connectivity index is 2.28. The molecule has 3 N–H and O–H groups in total. The molecule has 0 spiro atoms. The van der Waals surface area contributed by atoms with Gasteiger partial charge in [0.2, 0.25) is 0 Å². The number of nitrogens with zero attached hydrogens (tertiary/aromatic N) is 2. The van der Waals surface area contributed by atoms with Gasteiger partial charge in [-0.1, -0.05) is 15.9 Å². The van der Waals surface area contributed by atoms with E-state index in [9.17, 15) is 0 Å². The Hall–Kier alpha value is -1.37. The van der Waals surface area contributed by atoms with Crippen molar-refractivity contribution in [1.29, 1.82) is 0 Å². The number of aromatic nitrogens is 2. The fourth-order valence-electron chi connectivity index (χ4n) is 2.05. The first kappa shape index (κ1) is 14.0. The zero-order valence-corrected chi connectivity index (χ0v) is 12.5. The van der Waals surface area contributed by atoms with Crippen LogP contribution in [0.5, 0.6) is 5.75 Å². The molecule has 0 aliphatic rings. The monoisotopic (exact) mass is 324 g/mol. The Morgan fingerprint density at radius 1 is 1.53 bits per heavy atom. The molecular weight excluding hydrogens is 308 g/mol. The van der Waals surface area contributed by atoms with Crippen LogP contribution in [-0.2, 0) is 13.5 Å². The number of methoxy groups -OCH3 is 1. The van der Waals surface area contributed by atoms with Crippen molar-refractivity contribution in [3.8, 4) is 5.75 Å². The number of rotatable bonds is 5. The van der Waals surface area contributed by atoms with Gasteiger partial charge in [0.15, 0.2) is 0 Å². The Kier molecular flexibility index (Phi) is 4.57. The van der Waals surface area contributed by atoms with Gasteiger partial charge < -0.3 is 4.74 Å². The van der Waals surface area contributed by atoms with E-state index in [1.165, 1.54) is 0 Å². The molecule has 102 valence electrons. The van der Waals surface area contributed by atoms with Crippen molar-refractivity contribution in [2.24, 2.45) is 12.9 Å². The third kappa shape index (κ3) is 3.34. The van der Waals surface area contributed by atoms with Crippen LogP contribution in [0.4, 0.5) is 0 Å². The largest absolute Gasteiger partial charge is 0.496 e. The van der Waals surface area contributed by atoms with Crippen molar-refractivity contribution in [2.45, 2.75) is 12.5 Å². The first-order valence-corrected chi connectivity index (χ1v) is 6.70. The normalized spacial score (nSPS) is 12.4. The number of nitrogens with one attached hydrogen (secondary N) is 1. The highest BCUT2D eigenvalue weighted by Crippen LogP contribution is 2.30. The van der Waals surface area contributed by atoms with Crippen molar-refractivity contribution >= 4 is 15.9 Å². The third-order valence-electron chi connectivity index (χ3n) is 2.97. The van der Waals surface area contributed by atoms with E-state index in [1.807, 2.05) is 37.6 Å². The third-order valence-corrected chi connectivity index (χ3v) is 3.46. The maximum absolute atomic E-state index is 5.69.